The summed E-state index contributed by atoms with van der Waals surface area (Å²) in [5.74, 6) is -1.28. The minimum Gasteiger partial charge on any atom is -0.499 e. The van der Waals surface area contributed by atoms with Crippen LogP contribution in [0.3, 0.4) is 0 Å². The molecule has 0 aliphatic heterocycles. The van der Waals surface area contributed by atoms with E-state index in [-0.39, 0.29) is 30.0 Å². The number of ether oxygens (including phenoxy) is 1. The molecule has 1 amide bonds. The van der Waals surface area contributed by atoms with Gasteiger partial charge in [-0.15, -0.1) is 0 Å². The average Bonchev–Trinajstić information content (AvgIpc) is 3.06. The lowest BCUT2D eigenvalue weighted by Gasteiger charge is -2.15. The molecular weight excluding hydrogens is 467 g/mol. The maximum Gasteiger partial charge on any atom is 0.277 e. The minimum atomic E-state index is -0.647. The quantitative estimate of drug-likeness (QED) is 0.276. The number of aryl methyl sites for hydroxylation is 1. The summed E-state index contributed by atoms with van der Waals surface area (Å²) in [4.78, 5) is 21.9. The van der Waals surface area contributed by atoms with Crippen LogP contribution >= 0.6 is 27.5 Å². The molecule has 0 aliphatic carbocycles. The number of benzene rings is 2. The second-order valence-electron chi connectivity index (χ2n) is 5.90. The van der Waals surface area contributed by atoms with Crippen molar-refractivity contribution in [2.24, 2.45) is 7.05 Å². The molecule has 2 aromatic carbocycles. The van der Waals surface area contributed by atoms with E-state index >= 15 is 4.39 Å². The lowest BCUT2D eigenvalue weighted by Crippen LogP contribution is -2.26. The molecule has 0 saturated heterocycles. The van der Waals surface area contributed by atoms with Crippen LogP contribution in [0.2, 0.25) is 5.02 Å². The Balaban J connectivity index is 1.97. The van der Waals surface area contributed by atoms with Gasteiger partial charge in [-0.05, 0) is 24.3 Å². The SMILES string of the molecule is C=COCCONC(=O)c1cc2ncn(C)c2c(F)c1Nc1ccc(Br)cc1Cl. The van der Waals surface area contributed by atoms with E-state index in [1.165, 1.54) is 23.2 Å². The zero-order valence-electron chi connectivity index (χ0n) is 15.3. The Morgan fingerprint density at radius 3 is 2.93 bits per heavy atom. The number of imidazole rings is 1. The van der Waals surface area contributed by atoms with Gasteiger partial charge in [0, 0.05) is 11.5 Å². The molecule has 29 heavy (non-hydrogen) atoms. The molecule has 152 valence electrons. The van der Waals surface area contributed by atoms with E-state index in [9.17, 15) is 4.79 Å². The van der Waals surface area contributed by atoms with Gasteiger partial charge < -0.3 is 14.6 Å². The Morgan fingerprint density at radius 1 is 1.41 bits per heavy atom. The van der Waals surface area contributed by atoms with Crippen molar-refractivity contribution in [3.8, 4) is 0 Å². The number of aromatic nitrogens is 2. The zero-order chi connectivity index (χ0) is 21.0. The lowest BCUT2D eigenvalue weighted by molar-refractivity contribution is 0.0145. The van der Waals surface area contributed by atoms with Gasteiger partial charge in [-0.3, -0.25) is 9.63 Å². The van der Waals surface area contributed by atoms with E-state index in [1.807, 2.05) is 0 Å². The molecule has 0 unspecified atom stereocenters. The van der Waals surface area contributed by atoms with E-state index in [0.29, 0.717) is 16.2 Å². The van der Waals surface area contributed by atoms with E-state index in [0.717, 1.165) is 4.47 Å². The Labute approximate surface area is 179 Å². The fourth-order valence-electron chi connectivity index (χ4n) is 2.64. The molecule has 0 aliphatic rings. The van der Waals surface area contributed by atoms with Crippen LogP contribution in [0.4, 0.5) is 15.8 Å². The molecule has 3 rings (SSSR count). The number of amides is 1. The molecule has 10 heteroatoms. The highest BCUT2D eigenvalue weighted by Crippen LogP contribution is 2.34. The Hall–Kier alpha value is -2.62. The predicted octanol–water partition coefficient (Wildman–Crippen LogP) is 4.69. The number of hydrogen-bond acceptors (Lipinski definition) is 5. The molecule has 1 heterocycles. The number of hydrogen-bond donors (Lipinski definition) is 2. The van der Waals surface area contributed by atoms with Crippen molar-refractivity contribution >= 4 is 55.8 Å². The van der Waals surface area contributed by atoms with Gasteiger partial charge in [-0.25, -0.2) is 14.9 Å². The van der Waals surface area contributed by atoms with Gasteiger partial charge in [0.25, 0.3) is 5.91 Å². The smallest absolute Gasteiger partial charge is 0.277 e. The van der Waals surface area contributed by atoms with Crippen molar-refractivity contribution in [3.63, 3.8) is 0 Å². The number of anilines is 2. The first-order valence-corrected chi connectivity index (χ1v) is 9.59. The normalized spacial score (nSPS) is 10.8. The van der Waals surface area contributed by atoms with E-state index < -0.39 is 11.7 Å². The highest BCUT2D eigenvalue weighted by Gasteiger charge is 2.22. The number of nitrogens with zero attached hydrogens (tertiary/aromatic N) is 2. The van der Waals surface area contributed by atoms with Crippen LogP contribution in [0.25, 0.3) is 11.0 Å². The summed E-state index contributed by atoms with van der Waals surface area (Å²) in [6.45, 7) is 3.70. The molecule has 0 atom stereocenters. The highest BCUT2D eigenvalue weighted by molar-refractivity contribution is 9.10. The number of fused-ring (bicyclic) bond motifs is 1. The molecule has 0 saturated carbocycles. The highest BCUT2D eigenvalue weighted by atomic mass is 79.9. The summed E-state index contributed by atoms with van der Waals surface area (Å²) >= 11 is 9.57. The van der Waals surface area contributed by atoms with Gasteiger partial charge in [0.05, 0.1) is 40.1 Å². The Morgan fingerprint density at radius 2 is 2.21 bits per heavy atom. The van der Waals surface area contributed by atoms with Gasteiger partial charge in [-0.2, -0.15) is 0 Å². The van der Waals surface area contributed by atoms with E-state index in [1.54, 1.807) is 25.2 Å². The molecular formula is C19H17BrClFN4O3. The predicted molar refractivity (Wildman–Crippen MR) is 113 cm³/mol. The third kappa shape index (κ3) is 4.69. The van der Waals surface area contributed by atoms with Crippen molar-refractivity contribution in [1.29, 1.82) is 0 Å². The Bertz CT molecular complexity index is 1070. The van der Waals surface area contributed by atoms with Crippen LogP contribution in [0.15, 0.2) is 47.9 Å². The van der Waals surface area contributed by atoms with Crippen LogP contribution < -0.4 is 10.8 Å². The maximum atomic E-state index is 15.3. The van der Waals surface area contributed by atoms with Crippen molar-refractivity contribution in [3.05, 3.63) is 64.3 Å². The molecule has 7 nitrogen and oxygen atoms in total. The number of carbonyl (C=O) groups excluding carboxylic acids is 1. The second-order valence-corrected chi connectivity index (χ2v) is 7.23. The van der Waals surface area contributed by atoms with Gasteiger partial charge in [0.15, 0.2) is 5.82 Å². The summed E-state index contributed by atoms with van der Waals surface area (Å²) in [6, 6.07) is 6.56. The van der Waals surface area contributed by atoms with Crippen molar-refractivity contribution < 1.29 is 18.8 Å². The molecule has 1 aromatic heterocycles. The van der Waals surface area contributed by atoms with Crippen LogP contribution in [0, 0.1) is 5.82 Å². The zero-order valence-corrected chi connectivity index (χ0v) is 17.7. The van der Waals surface area contributed by atoms with Crippen LogP contribution in [0.1, 0.15) is 10.4 Å². The number of nitrogens with one attached hydrogen (secondary N) is 2. The van der Waals surface area contributed by atoms with Gasteiger partial charge in [-0.1, -0.05) is 34.1 Å². The third-order valence-corrected chi connectivity index (χ3v) is 4.77. The molecule has 0 fully saturated rings. The summed E-state index contributed by atoms with van der Waals surface area (Å²) in [7, 11) is 1.66. The summed E-state index contributed by atoms with van der Waals surface area (Å²) in [5.41, 5.74) is 3.25. The Kier molecular flexibility index (Phi) is 6.73. The van der Waals surface area contributed by atoms with Crippen LogP contribution in [-0.2, 0) is 16.6 Å². The third-order valence-electron chi connectivity index (χ3n) is 3.96. The maximum absolute atomic E-state index is 15.3. The van der Waals surface area contributed by atoms with Crippen molar-refractivity contribution in [2.45, 2.75) is 0 Å². The van der Waals surface area contributed by atoms with Gasteiger partial charge in [0.1, 0.15) is 18.7 Å². The first kappa shape index (κ1) is 21.1. The number of carbonyl (C=O) groups is 1. The first-order chi connectivity index (χ1) is 13.9. The monoisotopic (exact) mass is 482 g/mol. The standard InChI is InChI=1S/C19H17BrClFN4O3/c1-3-28-6-7-29-25-19(27)12-9-15-18(26(2)10-23-15)16(22)17(12)24-14-5-4-11(20)8-13(14)21/h3-5,8-10,24H,1,6-7H2,2H3,(H,25,27). The molecule has 0 spiro atoms. The van der Waals surface area contributed by atoms with E-state index in [2.05, 4.69) is 38.3 Å². The molecule has 0 radical (unpaired) electrons. The topological polar surface area (TPSA) is 77.4 Å². The number of halogens is 3. The number of rotatable bonds is 8. The van der Waals surface area contributed by atoms with Gasteiger partial charge in [0.2, 0.25) is 0 Å². The van der Waals surface area contributed by atoms with E-state index in [4.69, 9.17) is 21.2 Å². The summed E-state index contributed by atoms with van der Waals surface area (Å²) in [5, 5.41) is 3.27. The second kappa shape index (κ2) is 9.25. The fraction of sp³-hybridized carbons (Fsp3) is 0.158. The van der Waals surface area contributed by atoms with Crippen molar-refractivity contribution in [2.75, 3.05) is 18.5 Å². The summed E-state index contributed by atoms with van der Waals surface area (Å²) in [6.07, 6.45) is 2.73. The minimum absolute atomic E-state index is 0.0114. The number of hydroxylamine groups is 1. The lowest BCUT2D eigenvalue weighted by atomic mass is 10.1. The average molecular weight is 484 g/mol. The molecule has 0 bridgehead atoms. The fourth-order valence-corrected chi connectivity index (χ4v) is 3.36. The molecule has 3 aromatic rings. The van der Waals surface area contributed by atoms with Crippen LogP contribution in [-0.4, -0.2) is 28.7 Å². The largest absolute Gasteiger partial charge is 0.499 e. The summed E-state index contributed by atoms with van der Waals surface area (Å²) < 4.78 is 22.6. The molecule has 2 N–H and O–H groups in total. The van der Waals surface area contributed by atoms with Gasteiger partial charge >= 0.3 is 0 Å². The first-order valence-electron chi connectivity index (χ1n) is 8.42. The van der Waals surface area contributed by atoms with Crippen molar-refractivity contribution in [1.82, 2.24) is 15.0 Å². The van der Waals surface area contributed by atoms with Crippen LogP contribution in [0.5, 0.6) is 0 Å².